The number of oxime groups is 1. The lowest BCUT2D eigenvalue weighted by Gasteiger charge is -2.31. The van der Waals surface area contributed by atoms with E-state index < -0.39 is 32.5 Å². The summed E-state index contributed by atoms with van der Waals surface area (Å²) in [6.07, 6.45) is 5.59. The van der Waals surface area contributed by atoms with E-state index in [4.69, 9.17) is 28.0 Å². The lowest BCUT2D eigenvalue weighted by atomic mass is 10.0. The number of hydrogen-bond acceptors (Lipinski definition) is 8. The van der Waals surface area contributed by atoms with Crippen LogP contribution < -0.4 is 15.4 Å². The summed E-state index contributed by atoms with van der Waals surface area (Å²) in [4.78, 5) is 37.6. The zero-order chi connectivity index (χ0) is 28.0. The second-order valence-electron chi connectivity index (χ2n) is 9.40. The first-order valence-corrected chi connectivity index (χ1v) is 14.9. The topological polar surface area (TPSA) is 175 Å². The van der Waals surface area contributed by atoms with Crippen LogP contribution in [0.1, 0.15) is 56.3 Å². The molecule has 0 bridgehead atoms. The Morgan fingerprint density at radius 1 is 1.10 bits per heavy atom. The van der Waals surface area contributed by atoms with Gasteiger partial charge in [-0.2, -0.15) is 4.72 Å². The maximum Gasteiger partial charge on any atom is 0.345 e. The standard InChI is InChI=1S/C24H30Cl2N6O6S/c25-15-7-6-8-16(26)20(15)39(36,37)32-24(22(34)35,30-21(33)19-11-14-38-31-19)12-4-1-5-13-27-23-28-17-9-2-3-10-18(17)29-23/h6-8,32H,1-5,9-14H2,(H,30,33)(H,34,35)(H2,27,28,29). The highest BCUT2D eigenvalue weighted by Crippen LogP contribution is 2.30. The molecule has 1 aromatic heterocycles. The van der Waals surface area contributed by atoms with E-state index in [1.54, 1.807) is 0 Å². The minimum absolute atomic E-state index is 0.0408. The molecule has 1 atom stereocenters. The van der Waals surface area contributed by atoms with E-state index in [0.29, 0.717) is 25.3 Å². The van der Waals surface area contributed by atoms with Crippen LogP contribution >= 0.6 is 23.2 Å². The SMILES string of the molecule is O=C(NC(CCCCCNc1nc2c([nH]1)CCCC2)(NS(=O)(=O)c1c(Cl)cccc1Cl)C(=O)O)C1=NOCC1. The zero-order valence-corrected chi connectivity index (χ0v) is 23.4. The lowest BCUT2D eigenvalue weighted by molar-refractivity contribution is -0.148. The second-order valence-corrected chi connectivity index (χ2v) is 11.8. The van der Waals surface area contributed by atoms with Crippen LogP contribution in [0.15, 0.2) is 28.3 Å². The summed E-state index contributed by atoms with van der Waals surface area (Å²) in [5.74, 6) is -1.74. The molecule has 1 aliphatic carbocycles. The summed E-state index contributed by atoms with van der Waals surface area (Å²) < 4.78 is 28.8. The van der Waals surface area contributed by atoms with Gasteiger partial charge in [-0.3, -0.25) is 4.79 Å². The zero-order valence-electron chi connectivity index (χ0n) is 21.1. The fourth-order valence-electron chi connectivity index (χ4n) is 4.53. The Hall–Kier alpha value is -2.87. The van der Waals surface area contributed by atoms with Crippen LogP contribution in [0.5, 0.6) is 0 Å². The Balaban J connectivity index is 1.44. The number of anilines is 1. The molecule has 212 valence electrons. The molecular formula is C24H30Cl2N6O6S. The largest absolute Gasteiger partial charge is 0.478 e. The minimum atomic E-state index is -4.58. The number of aryl methyl sites for hydroxylation is 2. The van der Waals surface area contributed by atoms with Gasteiger partial charge in [0, 0.05) is 18.7 Å². The van der Waals surface area contributed by atoms with E-state index >= 15 is 0 Å². The number of hydrogen-bond donors (Lipinski definition) is 5. The van der Waals surface area contributed by atoms with Crippen LogP contribution in [0, 0.1) is 0 Å². The van der Waals surface area contributed by atoms with Crippen LogP contribution in [0.25, 0.3) is 0 Å². The number of rotatable bonds is 13. The number of H-pyrrole nitrogens is 1. The molecule has 0 spiro atoms. The van der Waals surface area contributed by atoms with Gasteiger partial charge in [0.2, 0.25) is 21.6 Å². The molecular weight excluding hydrogens is 571 g/mol. The Morgan fingerprint density at radius 2 is 1.85 bits per heavy atom. The highest BCUT2D eigenvalue weighted by Gasteiger charge is 2.45. The van der Waals surface area contributed by atoms with Gasteiger partial charge in [-0.1, -0.05) is 40.8 Å². The van der Waals surface area contributed by atoms with Crippen molar-refractivity contribution in [2.24, 2.45) is 5.16 Å². The summed E-state index contributed by atoms with van der Waals surface area (Å²) in [5.41, 5.74) is -0.180. The average molecular weight is 602 g/mol. The maximum atomic E-state index is 13.3. The fourth-order valence-corrected chi connectivity index (χ4v) is 6.99. The van der Waals surface area contributed by atoms with E-state index in [-0.39, 0.29) is 41.6 Å². The predicted molar refractivity (Wildman–Crippen MR) is 145 cm³/mol. The van der Waals surface area contributed by atoms with Crippen molar-refractivity contribution in [3.63, 3.8) is 0 Å². The molecule has 5 N–H and O–H groups in total. The molecule has 2 aromatic rings. The normalized spacial score (nSPS) is 16.5. The number of fused-ring (bicyclic) bond motifs is 1. The number of nitrogens with zero attached hydrogens (tertiary/aromatic N) is 2. The first-order chi connectivity index (χ1) is 18.6. The number of carbonyl (C=O) groups is 2. The van der Waals surface area contributed by atoms with Gasteiger partial charge in [0.15, 0.2) is 0 Å². The summed E-state index contributed by atoms with van der Waals surface area (Å²) in [6, 6.07) is 4.09. The minimum Gasteiger partial charge on any atom is -0.478 e. The number of halogens is 2. The van der Waals surface area contributed by atoms with Gasteiger partial charge in [-0.15, -0.1) is 0 Å². The molecule has 0 radical (unpaired) electrons. The van der Waals surface area contributed by atoms with E-state index in [1.165, 1.54) is 18.2 Å². The maximum absolute atomic E-state index is 13.3. The number of sulfonamides is 1. The number of carboxylic acids is 1. The number of nitrogens with one attached hydrogen (secondary N) is 4. The van der Waals surface area contributed by atoms with Crippen LogP contribution in [0.4, 0.5) is 5.95 Å². The number of carbonyl (C=O) groups excluding carboxylic acids is 1. The van der Waals surface area contributed by atoms with Crippen molar-refractivity contribution in [3.05, 3.63) is 39.6 Å². The summed E-state index contributed by atoms with van der Waals surface area (Å²) in [5, 5.41) is 19.0. The number of benzene rings is 1. The molecule has 0 fully saturated rings. The van der Waals surface area contributed by atoms with Gasteiger partial charge in [0.05, 0.1) is 15.7 Å². The number of unbranched alkanes of at least 4 members (excludes halogenated alkanes) is 2. The van der Waals surface area contributed by atoms with Crippen LogP contribution in [0.2, 0.25) is 10.0 Å². The molecule has 0 saturated carbocycles. The van der Waals surface area contributed by atoms with Gasteiger partial charge >= 0.3 is 5.97 Å². The van der Waals surface area contributed by atoms with Gasteiger partial charge < -0.3 is 25.6 Å². The Bertz CT molecular complexity index is 1320. The third-order valence-corrected chi connectivity index (χ3v) is 8.98. The number of amides is 1. The van der Waals surface area contributed by atoms with Gasteiger partial charge in [0.25, 0.3) is 5.91 Å². The van der Waals surface area contributed by atoms with Gasteiger partial charge in [-0.25, -0.2) is 18.2 Å². The Kier molecular flexibility index (Phi) is 9.36. The van der Waals surface area contributed by atoms with Crippen LogP contribution in [-0.4, -0.2) is 59.9 Å². The summed E-state index contributed by atoms with van der Waals surface area (Å²) >= 11 is 12.2. The molecule has 1 amide bonds. The average Bonchev–Trinajstić information content (AvgIpc) is 3.55. The lowest BCUT2D eigenvalue weighted by Crippen LogP contribution is -2.66. The quantitative estimate of drug-likeness (QED) is 0.172. The molecule has 1 aromatic carbocycles. The fraction of sp³-hybridized carbons (Fsp3) is 0.500. The summed E-state index contributed by atoms with van der Waals surface area (Å²) in [7, 11) is -4.58. The van der Waals surface area contributed by atoms with Crippen molar-refractivity contribution < 1.29 is 28.0 Å². The van der Waals surface area contributed by atoms with Crippen molar-refractivity contribution >= 4 is 56.8 Å². The molecule has 0 saturated heterocycles. The number of carboxylic acid groups (broad SMARTS) is 1. The first kappa shape index (κ1) is 29.1. The van der Waals surface area contributed by atoms with E-state index in [1.807, 2.05) is 0 Å². The third kappa shape index (κ3) is 7.02. The number of aromatic nitrogens is 2. The smallest absolute Gasteiger partial charge is 0.345 e. The second kappa shape index (κ2) is 12.5. The first-order valence-electron chi connectivity index (χ1n) is 12.7. The number of aliphatic carboxylic acids is 1. The molecule has 12 nitrogen and oxygen atoms in total. The van der Waals surface area contributed by atoms with Crippen molar-refractivity contribution in [2.45, 2.75) is 68.3 Å². The van der Waals surface area contributed by atoms with Crippen molar-refractivity contribution in [3.8, 4) is 0 Å². The molecule has 15 heteroatoms. The van der Waals surface area contributed by atoms with Crippen molar-refractivity contribution in [2.75, 3.05) is 18.5 Å². The van der Waals surface area contributed by atoms with Gasteiger partial charge in [-0.05, 0) is 57.1 Å². The predicted octanol–water partition coefficient (Wildman–Crippen LogP) is 3.22. The van der Waals surface area contributed by atoms with E-state index in [2.05, 4.69) is 30.5 Å². The third-order valence-electron chi connectivity index (χ3n) is 6.53. The highest BCUT2D eigenvalue weighted by atomic mass is 35.5. The summed E-state index contributed by atoms with van der Waals surface area (Å²) in [6.45, 7) is 0.739. The van der Waals surface area contributed by atoms with E-state index in [0.717, 1.165) is 37.1 Å². The van der Waals surface area contributed by atoms with Crippen LogP contribution in [0.3, 0.4) is 0 Å². The number of aromatic amines is 1. The molecule has 1 unspecified atom stereocenters. The molecule has 2 heterocycles. The van der Waals surface area contributed by atoms with Crippen molar-refractivity contribution in [1.82, 2.24) is 20.0 Å². The number of imidazole rings is 1. The Labute approximate surface area is 235 Å². The molecule has 39 heavy (non-hydrogen) atoms. The van der Waals surface area contributed by atoms with Gasteiger partial charge in [0.1, 0.15) is 17.2 Å². The molecule has 1 aliphatic heterocycles. The van der Waals surface area contributed by atoms with E-state index in [9.17, 15) is 23.1 Å². The highest BCUT2D eigenvalue weighted by molar-refractivity contribution is 7.89. The van der Waals surface area contributed by atoms with Crippen molar-refractivity contribution in [1.29, 1.82) is 0 Å². The molecule has 4 rings (SSSR count). The monoisotopic (exact) mass is 600 g/mol. The van der Waals surface area contributed by atoms with Crippen LogP contribution in [-0.2, 0) is 37.3 Å². The Morgan fingerprint density at radius 3 is 2.51 bits per heavy atom. The molecule has 2 aliphatic rings.